The van der Waals surface area contributed by atoms with Crippen molar-refractivity contribution in [2.24, 2.45) is 0 Å². The van der Waals surface area contributed by atoms with Crippen LogP contribution in [0.5, 0.6) is 0 Å². The first-order valence-electron chi connectivity index (χ1n) is 8.95. The first-order valence-corrected chi connectivity index (χ1v) is 8.95. The van der Waals surface area contributed by atoms with Crippen LogP contribution >= 0.6 is 0 Å². The predicted molar refractivity (Wildman–Crippen MR) is 102 cm³/mol. The van der Waals surface area contributed by atoms with Crippen molar-refractivity contribution in [1.29, 1.82) is 0 Å². The molecule has 1 N–H and O–H groups in total. The largest absolute Gasteiger partial charge is 0.359 e. The Kier molecular flexibility index (Phi) is 4.39. The van der Waals surface area contributed by atoms with E-state index >= 15 is 0 Å². The number of nitrogens with zero attached hydrogens (tertiary/aromatic N) is 2. The molecule has 6 heteroatoms. The summed E-state index contributed by atoms with van der Waals surface area (Å²) < 4.78 is 18.9. The van der Waals surface area contributed by atoms with Crippen LogP contribution in [0.3, 0.4) is 0 Å². The van der Waals surface area contributed by atoms with Gasteiger partial charge >= 0.3 is 6.03 Å². The summed E-state index contributed by atoms with van der Waals surface area (Å²) in [6, 6.07) is 13.8. The topological polar surface area (TPSA) is 58.4 Å². The Hall–Kier alpha value is -3.15. The van der Waals surface area contributed by atoms with Crippen LogP contribution in [0, 0.1) is 12.7 Å². The van der Waals surface area contributed by atoms with Crippen LogP contribution in [0.4, 0.5) is 20.6 Å². The summed E-state index contributed by atoms with van der Waals surface area (Å²) in [6.45, 7) is 3.75. The van der Waals surface area contributed by atoms with Crippen LogP contribution < -0.4 is 10.2 Å². The quantitative estimate of drug-likeness (QED) is 0.682. The highest BCUT2D eigenvalue weighted by atomic mass is 19.1. The summed E-state index contributed by atoms with van der Waals surface area (Å²) in [4.78, 5) is 14.8. The lowest BCUT2D eigenvalue weighted by molar-refractivity contribution is 0.254. The third-order valence-electron chi connectivity index (χ3n) is 4.93. The molecule has 2 aromatic carbocycles. The van der Waals surface area contributed by atoms with Gasteiger partial charge in [-0.25, -0.2) is 9.18 Å². The molecule has 3 aromatic rings. The van der Waals surface area contributed by atoms with E-state index in [4.69, 9.17) is 4.52 Å². The molecule has 1 atom stereocenters. The van der Waals surface area contributed by atoms with Crippen molar-refractivity contribution in [3.05, 3.63) is 65.7 Å². The van der Waals surface area contributed by atoms with Crippen molar-refractivity contribution in [2.45, 2.75) is 32.7 Å². The van der Waals surface area contributed by atoms with Gasteiger partial charge in [-0.1, -0.05) is 35.5 Å². The third-order valence-corrected chi connectivity index (χ3v) is 4.93. The van der Waals surface area contributed by atoms with Crippen molar-refractivity contribution < 1.29 is 13.7 Å². The molecule has 0 spiro atoms. The highest BCUT2D eigenvalue weighted by Crippen LogP contribution is 2.34. The van der Waals surface area contributed by atoms with E-state index in [9.17, 15) is 9.18 Å². The number of amides is 2. The molecule has 0 saturated carbocycles. The minimum Gasteiger partial charge on any atom is -0.359 e. The van der Waals surface area contributed by atoms with Crippen molar-refractivity contribution in [2.75, 3.05) is 10.2 Å². The van der Waals surface area contributed by atoms with E-state index in [0.717, 1.165) is 29.7 Å². The second-order valence-electron chi connectivity index (χ2n) is 6.79. The van der Waals surface area contributed by atoms with Gasteiger partial charge in [0.1, 0.15) is 17.2 Å². The molecule has 27 heavy (non-hydrogen) atoms. The average molecular weight is 365 g/mol. The lowest BCUT2D eigenvalue weighted by atomic mass is 9.97. The van der Waals surface area contributed by atoms with Gasteiger partial charge < -0.3 is 9.84 Å². The fraction of sp³-hybridized carbons (Fsp3) is 0.238. The van der Waals surface area contributed by atoms with Crippen molar-refractivity contribution in [1.82, 2.24) is 5.16 Å². The zero-order valence-corrected chi connectivity index (χ0v) is 15.2. The molecule has 0 saturated heterocycles. The Morgan fingerprint density at radius 1 is 1.26 bits per heavy atom. The van der Waals surface area contributed by atoms with Crippen LogP contribution in [0.2, 0.25) is 0 Å². The number of fused-ring (bicyclic) bond motifs is 1. The molecule has 0 radical (unpaired) electrons. The molecule has 0 unspecified atom stereocenters. The molecule has 5 nitrogen and oxygen atoms in total. The number of urea groups is 1. The van der Waals surface area contributed by atoms with Gasteiger partial charge in [0.05, 0.1) is 0 Å². The second-order valence-corrected chi connectivity index (χ2v) is 6.79. The molecule has 138 valence electrons. The van der Waals surface area contributed by atoms with E-state index in [-0.39, 0.29) is 17.9 Å². The molecule has 4 rings (SSSR count). The maximum absolute atomic E-state index is 13.6. The average Bonchev–Trinajstić information content (AvgIpc) is 3.03. The number of hydrogen-bond donors (Lipinski definition) is 1. The van der Waals surface area contributed by atoms with Crippen LogP contribution in [-0.2, 0) is 6.42 Å². The molecular weight excluding hydrogens is 345 g/mol. The standard InChI is InChI=1S/C21H20FN3O2/c1-13-8-9-16-12-17(22)10-11-18(16)25(13)21(26)23-19-14(2)27-24-20(19)15-6-4-3-5-7-15/h3-7,10-13H,8-9H2,1-2H3,(H,23,26)/t13-/m0/s1. The Balaban J connectivity index is 1.67. The van der Waals surface area contributed by atoms with Gasteiger partial charge in [0.15, 0.2) is 5.76 Å². The molecule has 2 amide bonds. The summed E-state index contributed by atoms with van der Waals surface area (Å²) in [5.41, 5.74) is 3.58. The first kappa shape index (κ1) is 17.3. The van der Waals surface area contributed by atoms with Gasteiger partial charge in [-0.2, -0.15) is 0 Å². The Morgan fingerprint density at radius 3 is 2.81 bits per heavy atom. The molecule has 0 bridgehead atoms. The fourth-order valence-corrected chi connectivity index (χ4v) is 3.51. The third kappa shape index (κ3) is 3.18. The number of nitrogens with one attached hydrogen (secondary N) is 1. The maximum atomic E-state index is 13.6. The minimum atomic E-state index is -0.287. The molecular formula is C21H20FN3O2. The number of rotatable bonds is 2. The van der Waals surface area contributed by atoms with Crippen LogP contribution in [0.15, 0.2) is 53.1 Å². The highest BCUT2D eigenvalue weighted by molar-refractivity contribution is 6.05. The van der Waals surface area contributed by atoms with Crippen LogP contribution in [-0.4, -0.2) is 17.2 Å². The van der Waals surface area contributed by atoms with Gasteiger partial charge in [0.25, 0.3) is 0 Å². The van der Waals surface area contributed by atoms with Gasteiger partial charge in [0, 0.05) is 17.3 Å². The summed E-state index contributed by atoms with van der Waals surface area (Å²) in [5.74, 6) is 0.246. The number of carbonyl (C=O) groups is 1. The molecule has 1 aliphatic heterocycles. The van der Waals surface area contributed by atoms with E-state index in [1.807, 2.05) is 37.3 Å². The number of aryl methyl sites for hydroxylation is 2. The summed E-state index contributed by atoms with van der Waals surface area (Å²) in [6.07, 6.45) is 1.53. The Labute approximate surface area is 156 Å². The van der Waals surface area contributed by atoms with Crippen LogP contribution in [0.25, 0.3) is 11.3 Å². The monoisotopic (exact) mass is 365 g/mol. The molecule has 0 aliphatic carbocycles. The minimum absolute atomic E-state index is 0.00306. The van der Waals surface area contributed by atoms with Crippen molar-refractivity contribution in [3.63, 3.8) is 0 Å². The molecule has 1 aliphatic rings. The van der Waals surface area contributed by atoms with E-state index in [0.29, 0.717) is 17.1 Å². The lowest BCUT2D eigenvalue weighted by Crippen LogP contribution is -2.44. The van der Waals surface area contributed by atoms with E-state index in [2.05, 4.69) is 10.5 Å². The van der Waals surface area contributed by atoms with Gasteiger partial charge in [-0.05, 0) is 50.5 Å². The zero-order valence-electron chi connectivity index (χ0n) is 15.2. The number of carbonyl (C=O) groups excluding carboxylic acids is 1. The molecule has 1 aromatic heterocycles. The van der Waals surface area contributed by atoms with E-state index in [1.165, 1.54) is 12.1 Å². The highest BCUT2D eigenvalue weighted by Gasteiger charge is 2.30. The summed E-state index contributed by atoms with van der Waals surface area (Å²) >= 11 is 0. The van der Waals surface area contributed by atoms with Crippen LogP contribution in [0.1, 0.15) is 24.7 Å². The van der Waals surface area contributed by atoms with Crippen molar-refractivity contribution in [3.8, 4) is 11.3 Å². The van der Waals surface area contributed by atoms with E-state index in [1.54, 1.807) is 17.9 Å². The summed E-state index contributed by atoms with van der Waals surface area (Å²) in [7, 11) is 0. The first-order chi connectivity index (χ1) is 13.0. The second kappa shape index (κ2) is 6.87. The molecule has 2 heterocycles. The van der Waals surface area contributed by atoms with Gasteiger partial charge in [-0.3, -0.25) is 4.90 Å². The van der Waals surface area contributed by atoms with E-state index < -0.39 is 0 Å². The predicted octanol–water partition coefficient (Wildman–Crippen LogP) is 5.16. The maximum Gasteiger partial charge on any atom is 0.326 e. The fourth-order valence-electron chi connectivity index (χ4n) is 3.51. The normalized spacial score (nSPS) is 16.1. The summed E-state index contributed by atoms with van der Waals surface area (Å²) in [5, 5.41) is 7.05. The number of halogens is 1. The Morgan fingerprint density at radius 2 is 2.04 bits per heavy atom. The zero-order chi connectivity index (χ0) is 19.0. The number of anilines is 2. The Bertz CT molecular complexity index is 984. The number of aromatic nitrogens is 1. The smallest absolute Gasteiger partial charge is 0.326 e. The van der Waals surface area contributed by atoms with Gasteiger partial charge in [0.2, 0.25) is 0 Å². The number of hydrogen-bond acceptors (Lipinski definition) is 3. The van der Waals surface area contributed by atoms with Crippen molar-refractivity contribution >= 4 is 17.4 Å². The molecule has 0 fully saturated rings. The van der Waals surface area contributed by atoms with Gasteiger partial charge in [-0.15, -0.1) is 0 Å². The SMILES string of the molecule is Cc1onc(-c2ccccc2)c1NC(=O)N1c2ccc(F)cc2CC[C@@H]1C. The number of benzene rings is 2. The lowest BCUT2D eigenvalue weighted by Gasteiger charge is -2.35.